The van der Waals surface area contributed by atoms with Crippen LogP contribution in [0.3, 0.4) is 0 Å². The first kappa shape index (κ1) is 12.5. The van der Waals surface area contributed by atoms with E-state index in [4.69, 9.17) is 5.11 Å². The number of carboxylic acids is 1. The van der Waals surface area contributed by atoms with Gasteiger partial charge in [0.25, 0.3) is 0 Å². The molecule has 0 aliphatic rings. The minimum atomic E-state index is -1.11. The number of rotatable bonds is 4. The van der Waals surface area contributed by atoms with Crippen molar-refractivity contribution >= 4 is 17.7 Å². The number of hydrogen-bond acceptors (Lipinski definition) is 3. The molecule has 0 bridgehead atoms. The molecule has 18 heavy (non-hydrogen) atoms. The topological polar surface area (TPSA) is 57.5 Å². The Hall–Kier alpha value is -1.94. The van der Waals surface area contributed by atoms with Crippen molar-refractivity contribution in [1.82, 2.24) is 0 Å². The number of hydrogen-bond donors (Lipinski definition) is 2. The third-order valence-electron chi connectivity index (χ3n) is 2.49. The quantitative estimate of drug-likeness (QED) is 0.827. The zero-order chi connectivity index (χ0) is 13.0. The van der Waals surface area contributed by atoms with Crippen molar-refractivity contribution in [2.75, 3.05) is 0 Å². The van der Waals surface area contributed by atoms with E-state index in [2.05, 4.69) is 0 Å². The highest BCUT2D eigenvalue weighted by molar-refractivity contribution is 7.98. The van der Waals surface area contributed by atoms with Crippen molar-refractivity contribution in [3.8, 4) is 5.75 Å². The number of para-hydroxylation sites is 1. The van der Waals surface area contributed by atoms with Crippen LogP contribution < -0.4 is 0 Å². The number of carboxylic acid groups (broad SMARTS) is 1. The van der Waals surface area contributed by atoms with Crippen LogP contribution in [0.5, 0.6) is 5.75 Å². The van der Waals surface area contributed by atoms with Gasteiger partial charge >= 0.3 is 5.97 Å². The summed E-state index contributed by atoms with van der Waals surface area (Å²) in [6.07, 6.45) is 0. The second-order valence-corrected chi connectivity index (χ2v) is 4.77. The van der Waals surface area contributed by atoms with Crippen molar-refractivity contribution in [3.05, 3.63) is 59.7 Å². The average Bonchev–Trinajstić information content (AvgIpc) is 2.38. The summed E-state index contributed by atoms with van der Waals surface area (Å²) in [5, 5.41) is 18.8. The molecule has 0 unspecified atom stereocenters. The summed E-state index contributed by atoms with van der Waals surface area (Å²) in [5.74, 6) is -0.718. The lowest BCUT2D eigenvalue weighted by Gasteiger charge is -2.06. The van der Waals surface area contributed by atoms with Crippen LogP contribution in [0.2, 0.25) is 0 Å². The highest BCUT2D eigenvalue weighted by Gasteiger charge is 2.12. The van der Waals surface area contributed by atoms with E-state index in [1.807, 2.05) is 30.3 Å². The molecule has 2 aromatic rings. The smallest absolute Gasteiger partial charge is 0.339 e. The molecule has 0 aliphatic carbocycles. The predicted octanol–water partition coefficient (Wildman–Crippen LogP) is 3.38. The molecule has 2 rings (SSSR count). The predicted molar refractivity (Wildman–Crippen MR) is 71.1 cm³/mol. The minimum absolute atomic E-state index is 0.0545. The third-order valence-corrected chi connectivity index (χ3v) is 3.55. The highest BCUT2D eigenvalue weighted by atomic mass is 32.2. The summed E-state index contributed by atoms with van der Waals surface area (Å²) in [5.41, 5.74) is 0.574. The molecule has 0 fully saturated rings. The fourth-order valence-electron chi connectivity index (χ4n) is 1.56. The molecular formula is C14H12O3S. The SMILES string of the molecule is O=C(O)c1cccc(CSc2ccccc2)c1O. The summed E-state index contributed by atoms with van der Waals surface area (Å²) >= 11 is 1.56. The van der Waals surface area contributed by atoms with Gasteiger partial charge in [-0.25, -0.2) is 4.79 Å². The van der Waals surface area contributed by atoms with Gasteiger partial charge in [-0.3, -0.25) is 0 Å². The van der Waals surface area contributed by atoms with Crippen molar-refractivity contribution < 1.29 is 15.0 Å². The van der Waals surface area contributed by atoms with Crippen LogP contribution >= 0.6 is 11.8 Å². The normalized spacial score (nSPS) is 10.2. The van der Waals surface area contributed by atoms with Crippen LogP contribution in [0.25, 0.3) is 0 Å². The van der Waals surface area contributed by atoms with Gasteiger partial charge in [0.2, 0.25) is 0 Å². The van der Waals surface area contributed by atoms with E-state index in [-0.39, 0.29) is 11.3 Å². The Labute approximate surface area is 109 Å². The molecule has 0 spiro atoms. The first-order valence-corrected chi connectivity index (χ1v) is 6.39. The van der Waals surface area contributed by atoms with Crippen molar-refractivity contribution in [2.45, 2.75) is 10.6 Å². The van der Waals surface area contributed by atoms with E-state index in [0.29, 0.717) is 11.3 Å². The largest absolute Gasteiger partial charge is 0.507 e. The monoisotopic (exact) mass is 260 g/mol. The van der Waals surface area contributed by atoms with Crippen LogP contribution in [0.1, 0.15) is 15.9 Å². The van der Waals surface area contributed by atoms with Crippen LogP contribution in [0.4, 0.5) is 0 Å². The fourth-order valence-corrected chi connectivity index (χ4v) is 2.46. The van der Waals surface area contributed by atoms with E-state index in [1.165, 1.54) is 6.07 Å². The minimum Gasteiger partial charge on any atom is -0.507 e. The molecule has 2 aromatic carbocycles. The molecular weight excluding hydrogens is 248 g/mol. The molecule has 0 saturated carbocycles. The second kappa shape index (κ2) is 5.60. The van der Waals surface area contributed by atoms with Crippen LogP contribution in [0.15, 0.2) is 53.4 Å². The van der Waals surface area contributed by atoms with Gasteiger partial charge in [0.05, 0.1) is 0 Å². The van der Waals surface area contributed by atoms with Crippen molar-refractivity contribution in [2.24, 2.45) is 0 Å². The van der Waals surface area contributed by atoms with Crippen LogP contribution in [-0.4, -0.2) is 16.2 Å². The van der Waals surface area contributed by atoms with Gasteiger partial charge in [-0.05, 0) is 18.2 Å². The van der Waals surface area contributed by atoms with Gasteiger partial charge < -0.3 is 10.2 Å². The lowest BCUT2D eigenvalue weighted by Crippen LogP contribution is -1.98. The molecule has 0 amide bonds. The van der Waals surface area contributed by atoms with Crippen molar-refractivity contribution in [3.63, 3.8) is 0 Å². The number of phenols is 1. The van der Waals surface area contributed by atoms with Gasteiger partial charge in [0.1, 0.15) is 11.3 Å². The number of thioether (sulfide) groups is 1. The Balaban J connectivity index is 2.15. The number of carbonyl (C=O) groups is 1. The Morgan fingerprint density at radius 1 is 1.06 bits per heavy atom. The Morgan fingerprint density at radius 3 is 2.44 bits per heavy atom. The molecule has 0 radical (unpaired) electrons. The highest BCUT2D eigenvalue weighted by Crippen LogP contribution is 2.29. The molecule has 3 nitrogen and oxygen atoms in total. The fraction of sp³-hybridized carbons (Fsp3) is 0.0714. The van der Waals surface area contributed by atoms with E-state index in [1.54, 1.807) is 23.9 Å². The summed E-state index contributed by atoms with van der Waals surface area (Å²) in [6.45, 7) is 0. The van der Waals surface area contributed by atoms with Gasteiger partial charge in [-0.1, -0.05) is 30.3 Å². The average molecular weight is 260 g/mol. The van der Waals surface area contributed by atoms with Gasteiger partial charge in [-0.2, -0.15) is 0 Å². The standard InChI is InChI=1S/C14H12O3S/c15-13-10(5-4-8-12(13)14(16)17)9-18-11-6-2-1-3-7-11/h1-8,15H,9H2,(H,16,17). The Kier molecular flexibility index (Phi) is 3.89. The van der Waals surface area contributed by atoms with E-state index < -0.39 is 5.97 Å². The number of aromatic hydroxyl groups is 1. The lowest BCUT2D eigenvalue weighted by atomic mass is 10.1. The second-order valence-electron chi connectivity index (χ2n) is 3.72. The maximum absolute atomic E-state index is 10.9. The molecule has 0 aromatic heterocycles. The first-order chi connectivity index (χ1) is 8.68. The van der Waals surface area contributed by atoms with Crippen LogP contribution in [-0.2, 0) is 5.75 Å². The van der Waals surface area contributed by atoms with Gasteiger partial charge in [0, 0.05) is 16.2 Å². The summed E-state index contributed by atoms with van der Waals surface area (Å²) in [4.78, 5) is 12.0. The molecule has 2 N–H and O–H groups in total. The summed E-state index contributed by atoms with van der Waals surface area (Å²) in [7, 11) is 0. The van der Waals surface area contributed by atoms with Crippen LogP contribution in [0, 0.1) is 0 Å². The van der Waals surface area contributed by atoms with Crippen molar-refractivity contribution in [1.29, 1.82) is 0 Å². The molecule has 4 heteroatoms. The molecule has 92 valence electrons. The molecule has 0 atom stereocenters. The van der Waals surface area contributed by atoms with E-state index in [9.17, 15) is 9.90 Å². The summed E-state index contributed by atoms with van der Waals surface area (Å²) in [6, 6.07) is 14.5. The first-order valence-electron chi connectivity index (χ1n) is 5.40. The number of aromatic carboxylic acids is 1. The Morgan fingerprint density at radius 2 is 1.78 bits per heavy atom. The molecule has 0 saturated heterocycles. The van der Waals surface area contributed by atoms with Gasteiger partial charge in [0.15, 0.2) is 0 Å². The zero-order valence-electron chi connectivity index (χ0n) is 9.54. The van der Waals surface area contributed by atoms with Gasteiger partial charge in [-0.15, -0.1) is 11.8 Å². The molecule has 0 aliphatic heterocycles. The number of benzene rings is 2. The Bertz CT molecular complexity index is 552. The van der Waals surface area contributed by atoms with E-state index in [0.717, 1.165) is 4.90 Å². The maximum atomic E-state index is 10.9. The third kappa shape index (κ3) is 2.84. The lowest BCUT2D eigenvalue weighted by molar-refractivity contribution is 0.0693. The molecule has 0 heterocycles. The van der Waals surface area contributed by atoms with E-state index >= 15 is 0 Å². The summed E-state index contributed by atoms with van der Waals surface area (Å²) < 4.78 is 0. The maximum Gasteiger partial charge on any atom is 0.339 e. The zero-order valence-corrected chi connectivity index (χ0v) is 10.4.